The molecule has 1 fully saturated rings. The van der Waals surface area contributed by atoms with Crippen LogP contribution in [0.4, 0.5) is 0 Å². The van der Waals surface area contributed by atoms with Crippen molar-refractivity contribution < 1.29 is 9.47 Å². The smallest absolute Gasteiger partial charge is 0.188 e. The Morgan fingerprint density at radius 1 is 1.21 bits per heavy atom. The van der Waals surface area contributed by atoms with E-state index in [1.54, 1.807) is 14.2 Å². The van der Waals surface area contributed by atoms with E-state index in [9.17, 15) is 0 Å². The van der Waals surface area contributed by atoms with Gasteiger partial charge in [0.15, 0.2) is 5.96 Å². The third-order valence-corrected chi connectivity index (χ3v) is 4.88. The number of nitrogens with one attached hydrogen (secondary N) is 1. The van der Waals surface area contributed by atoms with Gasteiger partial charge in [0.1, 0.15) is 5.75 Å². The Labute approximate surface area is 145 Å². The van der Waals surface area contributed by atoms with Gasteiger partial charge in [-0.05, 0) is 37.5 Å². The minimum atomic E-state index is 0.0846. The lowest BCUT2D eigenvalue weighted by Gasteiger charge is -2.37. The molecule has 0 spiro atoms. The largest absolute Gasteiger partial charge is 0.497 e. The third-order valence-electron chi connectivity index (χ3n) is 4.88. The van der Waals surface area contributed by atoms with Crippen LogP contribution in [0.2, 0.25) is 0 Å². The number of nitrogens with two attached hydrogens (primary N) is 1. The van der Waals surface area contributed by atoms with Gasteiger partial charge in [-0.25, -0.2) is 0 Å². The zero-order valence-electron chi connectivity index (χ0n) is 15.2. The lowest BCUT2D eigenvalue weighted by Crippen LogP contribution is -2.42. The molecule has 0 radical (unpaired) electrons. The molecule has 1 saturated carbocycles. The summed E-state index contributed by atoms with van der Waals surface area (Å²) in [6, 6.07) is 8.59. The van der Waals surface area contributed by atoms with E-state index in [0.717, 1.165) is 25.1 Å². The van der Waals surface area contributed by atoms with Gasteiger partial charge >= 0.3 is 0 Å². The number of hydrogen-bond acceptors (Lipinski definition) is 3. The van der Waals surface area contributed by atoms with Gasteiger partial charge < -0.3 is 20.5 Å². The van der Waals surface area contributed by atoms with Crippen LogP contribution in [0.5, 0.6) is 5.75 Å². The maximum Gasteiger partial charge on any atom is 0.188 e. The van der Waals surface area contributed by atoms with Crippen molar-refractivity contribution in [1.29, 1.82) is 0 Å². The number of methoxy groups -OCH3 is 2. The first kappa shape index (κ1) is 18.6. The first-order valence-corrected chi connectivity index (χ1v) is 8.79. The first-order chi connectivity index (χ1) is 11.6. The molecule has 0 aliphatic heterocycles. The molecule has 0 aromatic heterocycles. The Balaban J connectivity index is 2.12. The average molecular weight is 333 g/mol. The number of benzene rings is 1. The highest BCUT2D eigenvalue weighted by atomic mass is 16.5. The molecule has 5 heteroatoms. The fourth-order valence-corrected chi connectivity index (χ4v) is 3.54. The number of aliphatic imine (C=N–C) groups is 1. The quantitative estimate of drug-likeness (QED) is 0.595. The molecule has 1 atom stereocenters. The predicted octanol–water partition coefficient (Wildman–Crippen LogP) is 2.84. The Morgan fingerprint density at radius 2 is 1.88 bits per heavy atom. The number of rotatable bonds is 7. The highest BCUT2D eigenvalue weighted by Crippen LogP contribution is 2.40. The molecule has 1 aromatic rings. The summed E-state index contributed by atoms with van der Waals surface area (Å²) in [6.07, 6.45) is 6.11. The van der Waals surface area contributed by atoms with Crippen LogP contribution in [0.1, 0.15) is 44.6 Å². The summed E-state index contributed by atoms with van der Waals surface area (Å²) in [7, 11) is 3.38. The molecule has 1 aliphatic carbocycles. The molecule has 0 bridgehead atoms. The van der Waals surface area contributed by atoms with E-state index < -0.39 is 0 Å². The van der Waals surface area contributed by atoms with Gasteiger partial charge in [-0.2, -0.15) is 0 Å². The van der Waals surface area contributed by atoms with Crippen LogP contribution >= 0.6 is 0 Å². The molecule has 1 aliphatic rings. The summed E-state index contributed by atoms with van der Waals surface area (Å²) in [5, 5.41) is 3.19. The molecule has 1 unspecified atom stereocenters. The van der Waals surface area contributed by atoms with Crippen molar-refractivity contribution in [2.45, 2.75) is 50.5 Å². The molecule has 5 nitrogen and oxygen atoms in total. The van der Waals surface area contributed by atoms with Crippen molar-refractivity contribution in [2.75, 3.05) is 27.4 Å². The molecule has 24 heavy (non-hydrogen) atoms. The van der Waals surface area contributed by atoms with Crippen LogP contribution in [-0.4, -0.2) is 39.4 Å². The number of ether oxygens (including phenoxy) is 2. The van der Waals surface area contributed by atoms with E-state index in [2.05, 4.69) is 22.4 Å². The van der Waals surface area contributed by atoms with E-state index >= 15 is 0 Å². The number of hydrogen-bond donors (Lipinski definition) is 2. The maximum absolute atomic E-state index is 6.07. The fourth-order valence-electron chi connectivity index (χ4n) is 3.54. The summed E-state index contributed by atoms with van der Waals surface area (Å²) < 4.78 is 10.4. The summed E-state index contributed by atoms with van der Waals surface area (Å²) in [5.41, 5.74) is 7.49. The zero-order chi connectivity index (χ0) is 17.4. The van der Waals surface area contributed by atoms with Crippen molar-refractivity contribution in [3.8, 4) is 5.75 Å². The first-order valence-electron chi connectivity index (χ1n) is 8.79. The Bertz CT molecular complexity index is 522. The van der Waals surface area contributed by atoms with Crippen LogP contribution < -0.4 is 15.8 Å². The van der Waals surface area contributed by atoms with Crippen LogP contribution in [-0.2, 0) is 10.2 Å². The SMILES string of the molecule is COCC(C)NC(N)=NCC1(c2ccc(OC)cc2)CCCCC1. The van der Waals surface area contributed by atoms with Gasteiger partial charge in [-0.15, -0.1) is 0 Å². The molecule has 0 heterocycles. The topological polar surface area (TPSA) is 68.9 Å². The monoisotopic (exact) mass is 333 g/mol. The van der Waals surface area contributed by atoms with Crippen LogP contribution in [0.25, 0.3) is 0 Å². The number of nitrogens with zero attached hydrogens (tertiary/aromatic N) is 1. The van der Waals surface area contributed by atoms with Crippen LogP contribution in [0.15, 0.2) is 29.3 Å². The highest BCUT2D eigenvalue weighted by Gasteiger charge is 2.33. The molecule has 134 valence electrons. The van der Waals surface area contributed by atoms with Crippen LogP contribution in [0, 0.1) is 0 Å². The molecule has 0 saturated heterocycles. The van der Waals surface area contributed by atoms with Crippen molar-refractivity contribution in [2.24, 2.45) is 10.7 Å². The van der Waals surface area contributed by atoms with Gasteiger partial charge in [-0.1, -0.05) is 31.4 Å². The number of guanidine groups is 1. The van der Waals surface area contributed by atoms with E-state index in [1.807, 2.05) is 19.1 Å². The van der Waals surface area contributed by atoms with E-state index in [1.165, 1.54) is 24.8 Å². The van der Waals surface area contributed by atoms with Crippen molar-refractivity contribution in [1.82, 2.24) is 5.32 Å². The molecule has 3 N–H and O–H groups in total. The van der Waals surface area contributed by atoms with Gasteiger partial charge in [0.25, 0.3) is 0 Å². The Kier molecular flexibility index (Phi) is 6.91. The highest BCUT2D eigenvalue weighted by molar-refractivity contribution is 5.78. The Morgan fingerprint density at radius 3 is 2.46 bits per heavy atom. The zero-order valence-corrected chi connectivity index (χ0v) is 15.2. The third kappa shape index (κ3) is 4.87. The Hall–Kier alpha value is -1.75. The average Bonchev–Trinajstić information content (AvgIpc) is 2.61. The van der Waals surface area contributed by atoms with E-state index in [0.29, 0.717) is 12.6 Å². The van der Waals surface area contributed by atoms with Gasteiger partial charge in [0.05, 0.1) is 20.3 Å². The van der Waals surface area contributed by atoms with Gasteiger partial charge in [-0.3, -0.25) is 4.99 Å². The van der Waals surface area contributed by atoms with E-state index in [-0.39, 0.29) is 11.5 Å². The summed E-state index contributed by atoms with van der Waals surface area (Å²) in [5.74, 6) is 1.39. The second-order valence-electron chi connectivity index (χ2n) is 6.77. The van der Waals surface area contributed by atoms with Crippen molar-refractivity contribution in [3.05, 3.63) is 29.8 Å². The second-order valence-corrected chi connectivity index (χ2v) is 6.77. The van der Waals surface area contributed by atoms with Gasteiger partial charge in [0.2, 0.25) is 0 Å². The minimum Gasteiger partial charge on any atom is -0.497 e. The summed E-state index contributed by atoms with van der Waals surface area (Å²) in [6.45, 7) is 3.36. The molecule has 1 aromatic carbocycles. The lowest BCUT2D eigenvalue weighted by molar-refractivity contribution is 0.179. The predicted molar refractivity (Wildman–Crippen MR) is 98.7 cm³/mol. The second kappa shape index (κ2) is 8.92. The maximum atomic E-state index is 6.07. The lowest BCUT2D eigenvalue weighted by atomic mass is 9.69. The van der Waals surface area contributed by atoms with Crippen molar-refractivity contribution in [3.63, 3.8) is 0 Å². The van der Waals surface area contributed by atoms with Crippen LogP contribution in [0.3, 0.4) is 0 Å². The van der Waals surface area contributed by atoms with Gasteiger partial charge in [0, 0.05) is 18.6 Å². The summed E-state index contributed by atoms with van der Waals surface area (Å²) in [4.78, 5) is 4.66. The minimum absolute atomic E-state index is 0.0846. The normalized spacial score (nSPS) is 18.9. The van der Waals surface area contributed by atoms with Crippen molar-refractivity contribution >= 4 is 5.96 Å². The fraction of sp³-hybridized carbons (Fsp3) is 0.632. The molecular weight excluding hydrogens is 302 g/mol. The molecule has 0 amide bonds. The van der Waals surface area contributed by atoms with E-state index in [4.69, 9.17) is 15.2 Å². The molecule has 2 rings (SSSR count). The standard InChI is InChI=1S/C19H31N3O2/c1-15(13-23-2)22-18(20)21-14-19(11-5-4-6-12-19)16-7-9-17(24-3)10-8-16/h7-10,15H,4-6,11-14H2,1-3H3,(H3,20,21,22). The summed E-state index contributed by atoms with van der Waals surface area (Å²) >= 11 is 0. The molecular formula is C19H31N3O2.